The number of carbonyl (C=O) groups excluding carboxylic acids is 1. The summed E-state index contributed by atoms with van der Waals surface area (Å²) in [6.07, 6.45) is 2.36. The fourth-order valence-corrected chi connectivity index (χ4v) is 3.10. The highest BCUT2D eigenvalue weighted by atomic mass is 19.4. The van der Waals surface area contributed by atoms with Crippen molar-refractivity contribution in [2.45, 2.75) is 6.18 Å². The Morgan fingerprint density at radius 2 is 2.00 bits per heavy atom. The number of carbonyl (C=O) groups is 1. The molecule has 1 aromatic carbocycles. The number of methoxy groups -OCH3 is 1. The van der Waals surface area contributed by atoms with Crippen molar-refractivity contribution in [3.63, 3.8) is 0 Å². The van der Waals surface area contributed by atoms with Crippen molar-refractivity contribution in [2.75, 3.05) is 30.8 Å². The van der Waals surface area contributed by atoms with Crippen LogP contribution < -0.4 is 20.7 Å². The van der Waals surface area contributed by atoms with Crippen molar-refractivity contribution in [3.05, 3.63) is 48.4 Å². The topological polar surface area (TPSA) is 106 Å². The maximum Gasteiger partial charge on any atom is 0.405 e. The number of nitrogens with one attached hydrogen (secondary N) is 3. The van der Waals surface area contributed by atoms with E-state index in [9.17, 15) is 18.0 Å². The van der Waals surface area contributed by atoms with Gasteiger partial charge in [0.1, 0.15) is 12.4 Å². The molecule has 0 bridgehead atoms. The van der Waals surface area contributed by atoms with Gasteiger partial charge in [-0.3, -0.25) is 0 Å². The normalized spacial score (nSPS) is 12.9. The lowest BCUT2D eigenvalue weighted by atomic mass is 10.1. The van der Waals surface area contributed by atoms with Crippen LogP contribution in [0.4, 0.5) is 29.5 Å². The standard InChI is InChI=1S/C20H18F3N7O2/c1-32-19-25-6-13(7-26-19)14-8-24-17-16(9-28-30(17)10-14)12-3-2-4-15(5-12)29-18(31)27-11-20(21,22)23/h2-7,9-10,24H,8,11H2,1H3,(H2,27,29,31). The van der Waals surface area contributed by atoms with Gasteiger partial charge < -0.3 is 20.7 Å². The molecule has 12 heteroatoms. The van der Waals surface area contributed by atoms with E-state index in [-0.39, 0.29) is 6.01 Å². The highest BCUT2D eigenvalue weighted by Crippen LogP contribution is 2.33. The zero-order valence-electron chi connectivity index (χ0n) is 16.8. The lowest BCUT2D eigenvalue weighted by Gasteiger charge is -2.18. The van der Waals surface area contributed by atoms with Crippen LogP contribution in [0.1, 0.15) is 5.56 Å². The molecule has 2 amide bonds. The number of aromatic nitrogens is 4. The Labute approximate surface area is 180 Å². The minimum absolute atomic E-state index is 0.278. The number of fused-ring (bicyclic) bond motifs is 1. The summed E-state index contributed by atoms with van der Waals surface area (Å²) in [7, 11) is 1.49. The van der Waals surface area contributed by atoms with Crippen LogP contribution in [0.15, 0.2) is 42.9 Å². The first-order valence-electron chi connectivity index (χ1n) is 9.43. The lowest BCUT2D eigenvalue weighted by Crippen LogP contribution is -2.36. The van der Waals surface area contributed by atoms with Crippen LogP contribution in [0.5, 0.6) is 6.01 Å². The van der Waals surface area contributed by atoms with Gasteiger partial charge >= 0.3 is 18.2 Å². The molecule has 3 aromatic rings. The number of halogens is 3. The predicted octanol–water partition coefficient (Wildman–Crippen LogP) is 3.46. The highest BCUT2D eigenvalue weighted by molar-refractivity contribution is 5.91. The number of alkyl halides is 3. The molecule has 0 unspecified atom stereocenters. The largest absolute Gasteiger partial charge is 0.467 e. The average Bonchev–Trinajstić information content (AvgIpc) is 3.21. The van der Waals surface area contributed by atoms with Crippen LogP contribution in [0.25, 0.3) is 22.9 Å². The van der Waals surface area contributed by atoms with Gasteiger partial charge in [-0.15, -0.1) is 0 Å². The van der Waals surface area contributed by atoms with E-state index in [2.05, 4.69) is 25.7 Å². The fraction of sp³-hybridized carbons (Fsp3) is 0.200. The Kier molecular flexibility index (Phi) is 5.67. The Hall–Kier alpha value is -4.09. The Bertz CT molecular complexity index is 1160. The van der Waals surface area contributed by atoms with Crippen LogP contribution in [0.2, 0.25) is 0 Å². The second-order valence-corrected chi connectivity index (χ2v) is 6.82. The molecule has 3 heterocycles. The SMILES string of the molecule is COc1ncc(C2=Cn3ncc(-c4cccc(NC(=O)NCC(F)(F)F)c4)c3NC2)cn1. The summed E-state index contributed by atoms with van der Waals surface area (Å²) in [6, 6.07) is 6.09. The minimum atomic E-state index is -4.48. The second-order valence-electron chi connectivity index (χ2n) is 6.82. The van der Waals surface area contributed by atoms with Gasteiger partial charge in [-0.1, -0.05) is 12.1 Å². The van der Waals surface area contributed by atoms with Crippen LogP contribution in [-0.4, -0.2) is 52.2 Å². The van der Waals surface area contributed by atoms with E-state index in [1.54, 1.807) is 46.8 Å². The Morgan fingerprint density at radius 1 is 1.22 bits per heavy atom. The zero-order valence-corrected chi connectivity index (χ0v) is 16.8. The van der Waals surface area contributed by atoms with Crippen LogP contribution >= 0.6 is 0 Å². The maximum absolute atomic E-state index is 12.3. The van der Waals surface area contributed by atoms with Gasteiger partial charge in [0.15, 0.2) is 0 Å². The second kappa shape index (κ2) is 8.57. The fourth-order valence-electron chi connectivity index (χ4n) is 3.10. The van der Waals surface area contributed by atoms with E-state index in [0.29, 0.717) is 12.2 Å². The van der Waals surface area contributed by atoms with E-state index in [0.717, 1.165) is 28.1 Å². The summed E-state index contributed by atoms with van der Waals surface area (Å²) in [5, 5.41) is 11.9. The van der Waals surface area contributed by atoms with Crippen molar-refractivity contribution in [3.8, 4) is 17.1 Å². The number of amides is 2. The van der Waals surface area contributed by atoms with Crippen molar-refractivity contribution in [1.82, 2.24) is 25.1 Å². The van der Waals surface area contributed by atoms with Crippen molar-refractivity contribution in [2.24, 2.45) is 0 Å². The Balaban J connectivity index is 1.52. The molecule has 1 aliphatic rings. The number of anilines is 2. The van der Waals surface area contributed by atoms with Crippen molar-refractivity contribution >= 4 is 29.3 Å². The summed E-state index contributed by atoms with van der Waals surface area (Å²) in [6.45, 7) is -0.903. The summed E-state index contributed by atoms with van der Waals surface area (Å²) in [5.74, 6) is 0.738. The molecule has 4 rings (SSSR count). The van der Waals surface area contributed by atoms with E-state index in [1.165, 1.54) is 7.11 Å². The van der Waals surface area contributed by atoms with Gasteiger partial charge in [-0.2, -0.15) is 18.3 Å². The third-order valence-electron chi connectivity index (χ3n) is 4.58. The van der Waals surface area contributed by atoms with Gasteiger partial charge in [0.25, 0.3) is 0 Å². The quantitative estimate of drug-likeness (QED) is 0.556. The summed E-state index contributed by atoms with van der Waals surface area (Å²) in [4.78, 5) is 19.9. The van der Waals surface area contributed by atoms with Gasteiger partial charge in [-0.05, 0) is 23.3 Å². The third-order valence-corrected chi connectivity index (χ3v) is 4.58. The molecule has 1 aliphatic heterocycles. The monoisotopic (exact) mass is 445 g/mol. The Morgan fingerprint density at radius 3 is 2.72 bits per heavy atom. The number of urea groups is 1. The molecule has 166 valence electrons. The summed E-state index contributed by atoms with van der Waals surface area (Å²) < 4.78 is 43.4. The van der Waals surface area contributed by atoms with E-state index < -0.39 is 18.8 Å². The van der Waals surface area contributed by atoms with Crippen LogP contribution in [-0.2, 0) is 0 Å². The first-order chi connectivity index (χ1) is 15.3. The molecule has 3 N–H and O–H groups in total. The smallest absolute Gasteiger partial charge is 0.405 e. The predicted molar refractivity (Wildman–Crippen MR) is 112 cm³/mol. The van der Waals surface area contributed by atoms with Gasteiger partial charge in [-0.25, -0.2) is 19.4 Å². The van der Waals surface area contributed by atoms with Crippen LogP contribution in [0.3, 0.4) is 0 Å². The number of hydrogen-bond donors (Lipinski definition) is 3. The van der Waals surface area contributed by atoms with Gasteiger partial charge in [0.2, 0.25) is 0 Å². The first-order valence-corrected chi connectivity index (χ1v) is 9.43. The molecular formula is C20H18F3N7O2. The van der Waals surface area contributed by atoms with Gasteiger partial charge in [0.05, 0.1) is 13.3 Å². The molecule has 0 radical (unpaired) electrons. The van der Waals surface area contributed by atoms with E-state index in [1.807, 2.05) is 12.3 Å². The first kappa shape index (κ1) is 21.2. The number of ether oxygens (including phenoxy) is 1. The number of rotatable bonds is 5. The zero-order chi connectivity index (χ0) is 22.7. The van der Waals surface area contributed by atoms with E-state index >= 15 is 0 Å². The molecule has 9 nitrogen and oxygen atoms in total. The summed E-state index contributed by atoms with van der Waals surface area (Å²) >= 11 is 0. The maximum atomic E-state index is 12.3. The van der Waals surface area contributed by atoms with Crippen molar-refractivity contribution < 1.29 is 22.7 Å². The highest BCUT2D eigenvalue weighted by Gasteiger charge is 2.27. The molecular weight excluding hydrogens is 427 g/mol. The molecule has 0 spiro atoms. The molecule has 2 aromatic heterocycles. The van der Waals surface area contributed by atoms with Crippen molar-refractivity contribution in [1.29, 1.82) is 0 Å². The molecule has 0 atom stereocenters. The number of hydrogen-bond acceptors (Lipinski definition) is 6. The lowest BCUT2D eigenvalue weighted by molar-refractivity contribution is -0.122. The summed E-state index contributed by atoms with van der Waals surface area (Å²) in [5.41, 5.74) is 3.59. The molecule has 0 saturated heterocycles. The molecule has 0 saturated carbocycles. The molecule has 0 fully saturated rings. The van der Waals surface area contributed by atoms with Gasteiger partial charge in [0, 0.05) is 42.0 Å². The van der Waals surface area contributed by atoms with E-state index in [4.69, 9.17) is 4.74 Å². The number of benzene rings is 1. The molecule has 32 heavy (non-hydrogen) atoms. The average molecular weight is 445 g/mol. The third kappa shape index (κ3) is 4.79. The molecule has 0 aliphatic carbocycles. The van der Waals surface area contributed by atoms with Crippen LogP contribution in [0, 0.1) is 0 Å². The number of nitrogens with zero attached hydrogens (tertiary/aromatic N) is 4. The minimum Gasteiger partial charge on any atom is -0.467 e.